The van der Waals surface area contributed by atoms with Crippen molar-refractivity contribution < 1.29 is 4.74 Å². The topological polar surface area (TPSA) is 53.1 Å². The minimum atomic E-state index is 0.584. The number of imidazole rings is 1. The van der Waals surface area contributed by atoms with Gasteiger partial charge >= 0.3 is 0 Å². The maximum absolute atomic E-state index is 6.10. The standard InChI is InChI=1S/C13H16ClN3O/c1-9-5-12(13(18-2)6-11(9)14)17-8-16-7-10(17)3-4-15/h5-8H,3-4,15H2,1-2H3. The van der Waals surface area contributed by atoms with Gasteiger partial charge in [0.05, 0.1) is 19.1 Å². The van der Waals surface area contributed by atoms with Crippen LogP contribution in [0.4, 0.5) is 0 Å². The van der Waals surface area contributed by atoms with E-state index in [0.29, 0.717) is 11.6 Å². The molecule has 0 aliphatic carbocycles. The van der Waals surface area contributed by atoms with Crippen LogP contribution in [-0.4, -0.2) is 23.2 Å². The molecule has 0 saturated heterocycles. The van der Waals surface area contributed by atoms with Crippen LogP contribution >= 0.6 is 11.6 Å². The van der Waals surface area contributed by atoms with Crippen molar-refractivity contribution in [3.05, 3.63) is 40.9 Å². The molecule has 1 heterocycles. The Hall–Kier alpha value is -1.52. The lowest BCUT2D eigenvalue weighted by atomic mass is 10.2. The van der Waals surface area contributed by atoms with Crippen molar-refractivity contribution in [2.45, 2.75) is 13.3 Å². The smallest absolute Gasteiger partial charge is 0.144 e. The molecule has 96 valence electrons. The van der Waals surface area contributed by atoms with Crippen molar-refractivity contribution in [3.63, 3.8) is 0 Å². The Morgan fingerprint density at radius 2 is 2.22 bits per heavy atom. The van der Waals surface area contributed by atoms with Crippen LogP contribution in [0.3, 0.4) is 0 Å². The van der Waals surface area contributed by atoms with Crippen molar-refractivity contribution in [1.82, 2.24) is 9.55 Å². The lowest BCUT2D eigenvalue weighted by Crippen LogP contribution is -2.08. The monoisotopic (exact) mass is 265 g/mol. The van der Waals surface area contributed by atoms with E-state index in [0.717, 1.165) is 29.1 Å². The molecule has 18 heavy (non-hydrogen) atoms. The highest BCUT2D eigenvalue weighted by Gasteiger charge is 2.11. The van der Waals surface area contributed by atoms with Crippen molar-refractivity contribution in [1.29, 1.82) is 0 Å². The molecule has 0 aliphatic rings. The number of nitrogens with two attached hydrogens (primary N) is 1. The average Bonchev–Trinajstić information content (AvgIpc) is 2.80. The summed E-state index contributed by atoms with van der Waals surface area (Å²) >= 11 is 6.10. The predicted octanol–water partition coefficient (Wildman–Crippen LogP) is 2.34. The highest BCUT2D eigenvalue weighted by molar-refractivity contribution is 6.31. The van der Waals surface area contributed by atoms with Crippen molar-refractivity contribution in [2.75, 3.05) is 13.7 Å². The molecule has 1 aromatic carbocycles. The predicted molar refractivity (Wildman–Crippen MR) is 72.6 cm³/mol. The third-order valence-corrected chi connectivity index (χ3v) is 3.24. The molecule has 0 aliphatic heterocycles. The number of hydrogen-bond donors (Lipinski definition) is 1. The lowest BCUT2D eigenvalue weighted by molar-refractivity contribution is 0.412. The first-order chi connectivity index (χ1) is 8.67. The molecule has 1 aromatic heterocycles. The summed E-state index contributed by atoms with van der Waals surface area (Å²) < 4.78 is 7.35. The molecule has 0 unspecified atom stereocenters. The molecule has 0 amide bonds. The van der Waals surface area contributed by atoms with Gasteiger partial charge in [-0.25, -0.2) is 4.98 Å². The van der Waals surface area contributed by atoms with Gasteiger partial charge in [-0.05, 0) is 25.1 Å². The highest BCUT2D eigenvalue weighted by Crippen LogP contribution is 2.30. The van der Waals surface area contributed by atoms with Crippen molar-refractivity contribution in [2.24, 2.45) is 5.73 Å². The van der Waals surface area contributed by atoms with Gasteiger partial charge in [-0.2, -0.15) is 0 Å². The number of nitrogens with zero attached hydrogens (tertiary/aromatic N) is 2. The molecule has 2 rings (SSSR count). The van der Waals surface area contributed by atoms with Gasteiger partial charge in [-0.15, -0.1) is 0 Å². The average molecular weight is 266 g/mol. The summed E-state index contributed by atoms with van der Waals surface area (Å²) in [6.07, 6.45) is 4.34. The maximum atomic E-state index is 6.10. The van der Waals surface area contributed by atoms with Gasteiger partial charge in [0, 0.05) is 29.4 Å². The van der Waals surface area contributed by atoms with Crippen molar-refractivity contribution >= 4 is 11.6 Å². The summed E-state index contributed by atoms with van der Waals surface area (Å²) in [7, 11) is 1.63. The molecule has 2 aromatic rings. The van der Waals surface area contributed by atoms with E-state index in [1.54, 1.807) is 13.4 Å². The van der Waals surface area contributed by atoms with Crippen LogP contribution in [0, 0.1) is 6.92 Å². The van der Waals surface area contributed by atoms with E-state index >= 15 is 0 Å². The third-order valence-electron chi connectivity index (χ3n) is 2.84. The molecule has 0 bridgehead atoms. The molecule has 2 N–H and O–H groups in total. The second-order valence-electron chi connectivity index (χ2n) is 4.07. The summed E-state index contributed by atoms with van der Waals surface area (Å²) in [5.41, 5.74) is 8.58. The summed E-state index contributed by atoms with van der Waals surface area (Å²) in [5, 5.41) is 0.691. The number of benzene rings is 1. The van der Waals surface area contributed by atoms with E-state index in [1.165, 1.54) is 0 Å². The number of ether oxygens (including phenoxy) is 1. The van der Waals surface area contributed by atoms with E-state index in [2.05, 4.69) is 4.98 Å². The van der Waals surface area contributed by atoms with Crippen LogP contribution in [-0.2, 0) is 6.42 Å². The summed E-state index contributed by atoms with van der Waals surface area (Å²) in [6.45, 7) is 2.55. The number of hydrogen-bond acceptors (Lipinski definition) is 3. The van der Waals surface area contributed by atoms with Gasteiger partial charge < -0.3 is 10.5 Å². The van der Waals surface area contributed by atoms with Gasteiger partial charge in [0.25, 0.3) is 0 Å². The van der Waals surface area contributed by atoms with E-state index < -0.39 is 0 Å². The van der Waals surface area contributed by atoms with Crippen molar-refractivity contribution in [3.8, 4) is 11.4 Å². The summed E-state index contributed by atoms with van der Waals surface area (Å²) in [6, 6.07) is 3.81. The molecular formula is C13H16ClN3O. The fraction of sp³-hybridized carbons (Fsp3) is 0.308. The molecule has 5 heteroatoms. The summed E-state index contributed by atoms with van der Waals surface area (Å²) in [4.78, 5) is 4.16. The quantitative estimate of drug-likeness (QED) is 0.923. The summed E-state index contributed by atoms with van der Waals surface area (Å²) in [5.74, 6) is 0.724. The molecular weight excluding hydrogens is 250 g/mol. The maximum Gasteiger partial charge on any atom is 0.144 e. The number of aryl methyl sites for hydroxylation is 1. The largest absolute Gasteiger partial charge is 0.495 e. The van der Waals surface area contributed by atoms with Gasteiger partial charge in [0.15, 0.2) is 0 Å². The Balaban J connectivity index is 2.55. The van der Waals surface area contributed by atoms with Crippen LogP contribution in [0.5, 0.6) is 5.75 Å². The first-order valence-corrected chi connectivity index (χ1v) is 6.11. The lowest BCUT2D eigenvalue weighted by Gasteiger charge is -2.14. The second kappa shape index (κ2) is 5.42. The molecule has 0 fully saturated rings. The van der Waals surface area contributed by atoms with Crippen LogP contribution in [0.2, 0.25) is 5.02 Å². The highest BCUT2D eigenvalue weighted by atomic mass is 35.5. The van der Waals surface area contributed by atoms with Crippen LogP contribution < -0.4 is 10.5 Å². The van der Waals surface area contributed by atoms with E-state index in [-0.39, 0.29) is 0 Å². The SMILES string of the molecule is COc1cc(Cl)c(C)cc1-n1cncc1CCN. The number of methoxy groups -OCH3 is 1. The van der Waals surface area contributed by atoms with Gasteiger partial charge in [0.2, 0.25) is 0 Å². The Bertz CT molecular complexity index is 551. The van der Waals surface area contributed by atoms with E-state index in [4.69, 9.17) is 22.1 Å². The van der Waals surface area contributed by atoms with E-state index in [1.807, 2.05) is 29.8 Å². The number of aromatic nitrogens is 2. The Kier molecular flexibility index (Phi) is 3.89. The molecule has 0 radical (unpaired) electrons. The third kappa shape index (κ3) is 2.35. The molecule has 0 spiro atoms. The van der Waals surface area contributed by atoms with Gasteiger partial charge in [-0.1, -0.05) is 11.6 Å². The normalized spacial score (nSPS) is 10.7. The zero-order valence-corrected chi connectivity index (χ0v) is 11.2. The Morgan fingerprint density at radius 3 is 2.89 bits per heavy atom. The molecule has 0 atom stereocenters. The zero-order chi connectivity index (χ0) is 13.1. The molecule has 0 saturated carbocycles. The zero-order valence-electron chi connectivity index (χ0n) is 10.5. The minimum absolute atomic E-state index is 0.584. The fourth-order valence-electron chi connectivity index (χ4n) is 1.87. The Labute approximate surface area is 111 Å². The van der Waals surface area contributed by atoms with Gasteiger partial charge in [0.1, 0.15) is 5.75 Å². The molecule has 4 nitrogen and oxygen atoms in total. The fourth-order valence-corrected chi connectivity index (χ4v) is 2.03. The minimum Gasteiger partial charge on any atom is -0.495 e. The van der Waals surface area contributed by atoms with Crippen LogP contribution in [0.1, 0.15) is 11.3 Å². The second-order valence-corrected chi connectivity index (χ2v) is 4.47. The first kappa shape index (κ1) is 12.9. The first-order valence-electron chi connectivity index (χ1n) is 5.73. The Morgan fingerprint density at radius 1 is 1.44 bits per heavy atom. The number of halogens is 1. The van der Waals surface area contributed by atoms with E-state index in [9.17, 15) is 0 Å². The van der Waals surface area contributed by atoms with Crippen LogP contribution in [0.25, 0.3) is 5.69 Å². The van der Waals surface area contributed by atoms with Gasteiger partial charge in [-0.3, -0.25) is 4.57 Å². The van der Waals surface area contributed by atoms with Crippen LogP contribution in [0.15, 0.2) is 24.7 Å². The number of rotatable bonds is 4.